The number of benzene rings is 1. The lowest BCUT2D eigenvalue weighted by Gasteiger charge is -2.09. The molecule has 72 valence electrons. The van der Waals surface area contributed by atoms with Gasteiger partial charge in [0.25, 0.3) is 0 Å². The number of aliphatic hydroxyl groups excluding tert-OH is 1. The fraction of sp³-hybridized carbons (Fsp3) is 0.400. The lowest BCUT2D eigenvalue weighted by Crippen LogP contribution is -1.96. The number of hydrogen-bond donors (Lipinski definition) is 1. The second kappa shape index (κ2) is 4.85. The highest BCUT2D eigenvalue weighted by atomic mass is 35.5. The Kier molecular flexibility index (Phi) is 4.04. The molecule has 0 radical (unpaired) electrons. The molecule has 1 nitrogen and oxygen atoms in total. The molecule has 13 heavy (non-hydrogen) atoms. The Morgan fingerprint density at radius 2 is 2.00 bits per heavy atom. The maximum atomic E-state index is 9.63. The van der Waals surface area contributed by atoms with Crippen LogP contribution in [0.25, 0.3) is 0 Å². The summed E-state index contributed by atoms with van der Waals surface area (Å²) in [4.78, 5) is 0. The summed E-state index contributed by atoms with van der Waals surface area (Å²) in [5, 5.41) is 10.7. The van der Waals surface area contributed by atoms with Crippen LogP contribution in [0, 0.1) is 0 Å². The van der Waals surface area contributed by atoms with Crippen LogP contribution in [0.3, 0.4) is 0 Å². The Morgan fingerprint density at radius 3 is 2.54 bits per heavy atom. The van der Waals surface area contributed by atoms with E-state index in [2.05, 4.69) is 0 Å². The van der Waals surface area contributed by atoms with Gasteiger partial charge < -0.3 is 5.11 Å². The van der Waals surface area contributed by atoms with Gasteiger partial charge in [0.2, 0.25) is 0 Å². The molecule has 0 spiro atoms. The highest BCUT2D eigenvalue weighted by Crippen LogP contribution is 2.27. The van der Waals surface area contributed by atoms with Crippen molar-refractivity contribution < 1.29 is 5.11 Å². The van der Waals surface area contributed by atoms with Crippen molar-refractivity contribution in [3.8, 4) is 0 Å². The van der Waals surface area contributed by atoms with E-state index in [1.165, 1.54) is 0 Å². The van der Waals surface area contributed by atoms with Gasteiger partial charge in [0.1, 0.15) is 0 Å². The Morgan fingerprint density at radius 1 is 1.31 bits per heavy atom. The predicted octanol–water partition coefficient (Wildman–Crippen LogP) is 3.83. The quantitative estimate of drug-likeness (QED) is 0.818. The molecule has 1 aromatic rings. The van der Waals surface area contributed by atoms with Crippen molar-refractivity contribution in [1.82, 2.24) is 0 Å². The SMILES string of the molecule is CCC[C@H](O)c1ccc(Cl)c(Cl)c1. The maximum Gasteiger partial charge on any atom is 0.0790 e. The molecule has 0 saturated carbocycles. The molecule has 1 aromatic carbocycles. The summed E-state index contributed by atoms with van der Waals surface area (Å²) in [6.45, 7) is 2.03. The summed E-state index contributed by atoms with van der Waals surface area (Å²) in [6, 6.07) is 5.22. The van der Waals surface area contributed by atoms with Crippen LogP contribution in [0.5, 0.6) is 0 Å². The molecule has 0 aliphatic rings. The molecule has 1 rings (SSSR count). The molecule has 0 aliphatic heterocycles. The molecule has 0 fully saturated rings. The van der Waals surface area contributed by atoms with Gasteiger partial charge in [-0.2, -0.15) is 0 Å². The zero-order valence-corrected chi connectivity index (χ0v) is 8.94. The Balaban J connectivity index is 2.84. The van der Waals surface area contributed by atoms with E-state index in [0.717, 1.165) is 18.4 Å². The molecule has 0 aromatic heterocycles. The first-order valence-corrected chi connectivity index (χ1v) is 5.03. The standard InChI is InChI=1S/C10H12Cl2O/c1-2-3-10(13)7-4-5-8(11)9(12)6-7/h4-6,10,13H,2-3H2,1H3/t10-/m0/s1. The van der Waals surface area contributed by atoms with Crippen LogP contribution in [0.4, 0.5) is 0 Å². The van der Waals surface area contributed by atoms with E-state index in [1.807, 2.05) is 6.92 Å². The first kappa shape index (κ1) is 10.8. The van der Waals surface area contributed by atoms with E-state index in [4.69, 9.17) is 23.2 Å². The summed E-state index contributed by atoms with van der Waals surface area (Å²) < 4.78 is 0. The van der Waals surface area contributed by atoms with Gasteiger partial charge >= 0.3 is 0 Å². The number of rotatable bonds is 3. The molecule has 0 bridgehead atoms. The first-order valence-electron chi connectivity index (χ1n) is 4.28. The fourth-order valence-corrected chi connectivity index (χ4v) is 1.47. The summed E-state index contributed by atoms with van der Waals surface area (Å²) >= 11 is 11.6. The zero-order valence-electron chi connectivity index (χ0n) is 7.43. The van der Waals surface area contributed by atoms with Gasteiger partial charge in [0, 0.05) is 0 Å². The topological polar surface area (TPSA) is 20.2 Å². The van der Waals surface area contributed by atoms with Gasteiger partial charge in [-0.1, -0.05) is 42.6 Å². The van der Waals surface area contributed by atoms with Crippen LogP contribution in [0.2, 0.25) is 10.0 Å². The van der Waals surface area contributed by atoms with Crippen molar-refractivity contribution in [2.75, 3.05) is 0 Å². The number of halogens is 2. The monoisotopic (exact) mass is 218 g/mol. The van der Waals surface area contributed by atoms with Gasteiger partial charge in [-0.15, -0.1) is 0 Å². The minimum Gasteiger partial charge on any atom is -0.388 e. The first-order chi connectivity index (χ1) is 6.15. The second-order valence-electron chi connectivity index (χ2n) is 2.98. The smallest absolute Gasteiger partial charge is 0.0790 e. The summed E-state index contributed by atoms with van der Waals surface area (Å²) in [5.74, 6) is 0. The maximum absolute atomic E-state index is 9.63. The average molecular weight is 219 g/mol. The number of hydrogen-bond acceptors (Lipinski definition) is 1. The van der Waals surface area contributed by atoms with Gasteiger partial charge in [-0.05, 0) is 24.1 Å². The van der Waals surface area contributed by atoms with Crippen molar-refractivity contribution in [2.45, 2.75) is 25.9 Å². The van der Waals surface area contributed by atoms with Crippen LogP contribution in [0.1, 0.15) is 31.4 Å². The third kappa shape index (κ3) is 2.87. The average Bonchev–Trinajstić information content (AvgIpc) is 2.10. The van der Waals surface area contributed by atoms with Crippen molar-refractivity contribution in [3.05, 3.63) is 33.8 Å². The van der Waals surface area contributed by atoms with Crippen LogP contribution in [-0.4, -0.2) is 5.11 Å². The van der Waals surface area contributed by atoms with E-state index in [0.29, 0.717) is 10.0 Å². The molecular weight excluding hydrogens is 207 g/mol. The largest absolute Gasteiger partial charge is 0.388 e. The van der Waals surface area contributed by atoms with Crippen molar-refractivity contribution in [2.24, 2.45) is 0 Å². The molecule has 1 atom stereocenters. The number of aliphatic hydroxyl groups is 1. The predicted molar refractivity (Wildman–Crippen MR) is 56.3 cm³/mol. The molecule has 0 heterocycles. The van der Waals surface area contributed by atoms with Crippen molar-refractivity contribution in [3.63, 3.8) is 0 Å². The Bertz CT molecular complexity index is 286. The van der Waals surface area contributed by atoms with Gasteiger partial charge in [-0.3, -0.25) is 0 Å². The molecule has 1 N–H and O–H groups in total. The fourth-order valence-electron chi connectivity index (χ4n) is 1.16. The Hall–Kier alpha value is -0.240. The highest BCUT2D eigenvalue weighted by molar-refractivity contribution is 6.42. The summed E-state index contributed by atoms with van der Waals surface area (Å²) in [6.07, 6.45) is 1.26. The zero-order chi connectivity index (χ0) is 9.84. The summed E-state index contributed by atoms with van der Waals surface area (Å²) in [7, 11) is 0. The molecular formula is C10H12Cl2O. The lowest BCUT2D eigenvalue weighted by atomic mass is 10.1. The normalized spacial score (nSPS) is 12.9. The van der Waals surface area contributed by atoms with Gasteiger partial charge in [0.05, 0.1) is 16.1 Å². The van der Waals surface area contributed by atoms with Crippen LogP contribution >= 0.6 is 23.2 Å². The van der Waals surface area contributed by atoms with E-state index in [-0.39, 0.29) is 0 Å². The van der Waals surface area contributed by atoms with Crippen molar-refractivity contribution >= 4 is 23.2 Å². The summed E-state index contributed by atoms with van der Waals surface area (Å²) in [5.41, 5.74) is 0.830. The van der Waals surface area contributed by atoms with Crippen LogP contribution in [0.15, 0.2) is 18.2 Å². The highest BCUT2D eigenvalue weighted by Gasteiger charge is 2.07. The third-order valence-corrected chi connectivity index (χ3v) is 2.63. The van der Waals surface area contributed by atoms with Gasteiger partial charge in [-0.25, -0.2) is 0 Å². The molecule has 0 saturated heterocycles. The van der Waals surface area contributed by atoms with Crippen LogP contribution in [-0.2, 0) is 0 Å². The van der Waals surface area contributed by atoms with E-state index >= 15 is 0 Å². The van der Waals surface area contributed by atoms with Crippen molar-refractivity contribution in [1.29, 1.82) is 0 Å². The third-order valence-electron chi connectivity index (χ3n) is 1.89. The Labute approximate surface area is 88.3 Å². The molecule has 3 heteroatoms. The molecule has 0 aliphatic carbocycles. The van der Waals surface area contributed by atoms with E-state index in [1.54, 1.807) is 18.2 Å². The molecule has 0 unspecified atom stereocenters. The minimum atomic E-state index is -0.431. The van der Waals surface area contributed by atoms with E-state index in [9.17, 15) is 5.11 Å². The van der Waals surface area contributed by atoms with Gasteiger partial charge in [0.15, 0.2) is 0 Å². The lowest BCUT2D eigenvalue weighted by molar-refractivity contribution is 0.166. The second-order valence-corrected chi connectivity index (χ2v) is 3.79. The minimum absolute atomic E-state index is 0.431. The van der Waals surface area contributed by atoms with Crippen LogP contribution < -0.4 is 0 Å². The molecule has 0 amide bonds. The van der Waals surface area contributed by atoms with E-state index < -0.39 is 6.10 Å².